The average Bonchev–Trinajstić information content (AvgIpc) is 2.51. The standard InChI is InChI=1S/C17H29O3PS3/c1-2-3-4-5-6-7-8-9-15-10-12-16(13-11-15)19-14-17(22)20-21(18,23)24/h10-13,17,22H,2-9,14H2,1H3,(H2,18,23,24)/p-1. The third-order valence-electron chi connectivity index (χ3n) is 3.64. The van der Waals surface area contributed by atoms with Gasteiger partial charge in [-0.25, -0.2) is 0 Å². The number of hydrogen-bond acceptors (Lipinski definition) is 5. The van der Waals surface area contributed by atoms with Crippen molar-refractivity contribution in [2.75, 3.05) is 6.61 Å². The molecule has 0 fully saturated rings. The summed E-state index contributed by atoms with van der Waals surface area (Å²) < 4.78 is 10.5. The molecule has 1 aromatic carbocycles. The average molecular weight is 408 g/mol. The first-order valence-electron chi connectivity index (χ1n) is 8.52. The minimum Gasteiger partial charge on any atom is -0.793 e. The Balaban J connectivity index is 2.20. The molecule has 2 atom stereocenters. The number of unbranched alkanes of at least 4 members (excludes halogenated alkanes) is 6. The molecule has 0 bridgehead atoms. The molecule has 0 aliphatic carbocycles. The Hall–Kier alpha value is 0.290. The molecule has 7 heteroatoms. The van der Waals surface area contributed by atoms with E-state index in [2.05, 4.69) is 55.7 Å². The van der Waals surface area contributed by atoms with E-state index in [1.54, 1.807) is 0 Å². The van der Waals surface area contributed by atoms with Crippen LogP contribution >= 0.6 is 30.6 Å². The molecule has 24 heavy (non-hydrogen) atoms. The van der Waals surface area contributed by atoms with Crippen molar-refractivity contribution in [3.05, 3.63) is 29.8 Å². The smallest absolute Gasteiger partial charge is 0.139 e. The second kappa shape index (κ2) is 12.6. The Labute approximate surface area is 162 Å². The fourth-order valence-electron chi connectivity index (χ4n) is 2.39. The number of aryl methyl sites for hydroxylation is 1. The number of ether oxygens (including phenoxy) is 1. The largest absolute Gasteiger partial charge is 0.793 e. The molecule has 138 valence electrons. The van der Waals surface area contributed by atoms with Gasteiger partial charge in [-0.2, -0.15) is 0 Å². The molecular formula is C17H28O3PS3-. The van der Waals surface area contributed by atoms with Crippen molar-refractivity contribution in [3.8, 4) is 5.75 Å². The van der Waals surface area contributed by atoms with Gasteiger partial charge in [-0.15, -0.1) is 24.9 Å². The van der Waals surface area contributed by atoms with Gasteiger partial charge in [-0.3, -0.25) is 0 Å². The lowest BCUT2D eigenvalue weighted by Crippen LogP contribution is -2.16. The van der Waals surface area contributed by atoms with Crippen molar-refractivity contribution in [2.45, 2.75) is 63.7 Å². The first-order valence-corrected chi connectivity index (χ1v) is 12.8. The summed E-state index contributed by atoms with van der Waals surface area (Å²) >= 11 is 12.4. The van der Waals surface area contributed by atoms with Crippen molar-refractivity contribution in [2.24, 2.45) is 0 Å². The van der Waals surface area contributed by atoms with Crippen LogP contribution in [0.3, 0.4) is 0 Å². The highest BCUT2D eigenvalue weighted by atomic mass is 32.9. The molecule has 0 aromatic heterocycles. The maximum atomic E-state index is 11.2. The fourth-order valence-corrected chi connectivity index (χ4v) is 4.30. The molecule has 0 saturated carbocycles. The topological polar surface area (TPSA) is 41.5 Å². The second-order valence-electron chi connectivity index (χ2n) is 5.85. The minimum absolute atomic E-state index is 0.168. The molecule has 0 aliphatic heterocycles. The second-order valence-corrected chi connectivity index (χ2v) is 11.4. The number of thiol groups is 2. The van der Waals surface area contributed by atoms with E-state index in [0.717, 1.165) is 12.2 Å². The van der Waals surface area contributed by atoms with E-state index in [-0.39, 0.29) is 6.61 Å². The van der Waals surface area contributed by atoms with Crippen LogP contribution in [0.15, 0.2) is 24.3 Å². The number of benzene rings is 1. The molecule has 0 spiro atoms. The molecule has 3 nitrogen and oxygen atoms in total. The molecule has 0 aliphatic rings. The summed E-state index contributed by atoms with van der Waals surface area (Å²) in [6.07, 6.45) is 10.4. The summed E-state index contributed by atoms with van der Waals surface area (Å²) in [4.78, 5) is 11.2. The summed E-state index contributed by atoms with van der Waals surface area (Å²) in [7, 11) is 0. The van der Waals surface area contributed by atoms with Crippen molar-refractivity contribution in [1.29, 1.82) is 0 Å². The first kappa shape index (κ1) is 22.3. The number of rotatable bonds is 13. The van der Waals surface area contributed by atoms with E-state index in [1.807, 2.05) is 12.1 Å². The summed E-state index contributed by atoms with van der Waals surface area (Å²) in [6, 6.07) is 8.03. The van der Waals surface area contributed by atoms with Crippen LogP contribution in [0.5, 0.6) is 5.75 Å². The highest BCUT2D eigenvalue weighted by Gasteiger charge is 2.08. The van der Waals surface area contributed by atoms with Gasteiger partial charge in [0.05, 0.1) is 0 Å². The van der Waals surface area contributed by atoms with Crippen LogP contribution in [0.2, 0.25) is 0 Å². The third-order valence-corrected chi connectivity index (χ3v) is 5.12. The molecule has 0 heterocycles. The van der Waals surface area contributed by atoms with E-state index in [1.165, 1.54) is 50.5 Å². The van der Waals surface area contributed by atoms with E-state index < -0.39 is 11.1 Å². The SMILES string of the molecule is CCCCCCCCCc1ccc(OCC(S)OP([O-])(=S)S)cc1. The van der Waals surface area contributed by atoms with E-state index in [4.69, 9.17) is 9.26 Å². The van der Waals surface area contributed by atoms with Crippen LogP contribution in [0.4, 0.5) is 0 Å². The van der Waals surface area contributed by atoms with Crippen molar-refractivity contribution in [1.82, 2.24) is 0 Å². The molecule has 0 N–H and O–H groups in total. The van der Waals surface area contributed by atoms with Crippen LogP contribution in [-0.2, 0) is 22.8 Å². The van der Waals surface area contributed by atoms with Crippen LogP contribution in [0.1, 0.15) is 57.4 Å². The lowest BCUT2D eigenvalue weighted by molar-refractivity contribution is -0.176. The Morgan fingerprint density at radius 2 is 1.67 bits per heavy atom. The van der Waals surface area contributed by atoms with E-state index in [0.29, 0.717) is 0 Å². The predicted octanol–water partition coefficient (Wildman–Crippen LogP) is 5.15. The Morgan fingerprint density at radius 1 is 1.08 bits per heavy atom. The maximum Gasteiger partial charge on any atom is 0.139 e. The molecule has 0 amide bonds. The van der Waals surface area contributed by atoms with Crippen molar-refractivity contribution < 1.29 is 14.2 Å². The monoisotopic (exact) mass is 407 g/mol. The summed E-state index contributed by atoms with van der Waals surface area (Å²) in [5.41, 5.74) is -2.59. The van der Waals surface area contributed by atoms with Gasteiger partial charge in [-0.05, 0) is 30.5 Å². The molecule has 0 radical (unpaired) electrons. The quantitative estimate of drug-likeness (QED) is 0.205. The van der Waals surface area contributed by atoms with Crippen LogP contribution in [-0.4, -0.2) is 12.0 Å². The highest BCUT2D eigenvalue weighted by Crippen LogP contribution is 2.44. The van der Waals surface area contributed by atoms with Gasteiger partial charge in [0, 0.05) is 5.69 Å². The van der Waals surface area contributed by atoms with E-state index in [9.17, 15) is 4.89 Å². The van der Waals surface area contributed by atoms with Crippen LogP contribution < -0.4 is 9.63 Å². The van der Waals surface area contributed by atoms with Gasteiger partial charge >= 0.3 is 0 Å². The summed E-state index contributed by atoms with van der Waals surface area (Å²) in [5, 5.41) is 0. The zero-order chi connectivity index (χ0) is 17.8. The van der Waals surface area contributed by atoms with Gasteiger partial charge in [0.1, 0.15) is 17.8 Å². The van der Waals surface area contributed by atoms with Crippen molar-refractivity contribution in [3.63, 3.8) is 0 Å². The summed E-state index contributed by atoms with van der Waals surface area (Å²) in [6.45, 7) is 2.41. The van der Waals surface area contributed by atoms with Crippen LogP contribution in [0.25, 0.3) is 0 Å². The van der Waals surface area contributed by atoms with Gasteiger partial charge in [-0.1, -0.05) is 69.4 Å². The van der Waals surface area contributed by atoms with Crippen molar-refractivity contribution >= 4 is 42.4 Å². The van der Waals surface area contributed by atoms with E-state index >= 15 is 0 Å². The normalized spacial score (nSPS) is 15.0. The fraction of sp³-hybridized carbons (Fsp3) is 0.647. The van der Waals surface area contributed by atoms with Gasteiger partial charge in [0.25, 0.3) is 0 Å². The highest BCUT2D eigenvalue weighted by molar-refractivity contribution is 8.59. The Bertz CT molecular complexity index is 490. The molecule has 2 unspecified atom stereocenters. The zero-order valence-corrected chi connectivity index (χ0v) is 17.7. The molecule has 1 rings (SSSR count). The third kappa shape index (κ3) is 11.8. The molecule has 1 aromatic rings. The van der Waals surface area contributed by atoms with Crippen LogP contribution in [0, 0.1) is 0 Å². The summed E-state index contributed by atoms with van der Waals surface area (Å²) in [5.74, 6) is 0.735. The predicted molar refractivity (Wildman–Crippen MR) is 111 cm³/mol. The van der Waals surface area contributed by atoms with Gasteiger partial charge < -0.3 is 14.2 Å². The molecule has 0 saturated heterocycles. The lowest BCUT2D eigenvalue weighted by atomic mass is 10.0. The van der Waals surface area contributed by atoms with Gasteiger partial charge in [0.15, 0.2) is 0 Å². The van der Waals surface area contributed by atoms with Gasteiger partial charge in [0.2, 0.25) is 0 Å². The Morgan fingerprint density at radius 3 is 2.25 bits per heavy atom. The maximum absolute atomic E-state index is 11.2. The number of hydrogen-bond donors (Lipinski definition) is 2. The Kier molecular flexibility index (Phi) is 11.7. The molecular weight excluding hydrogens is 379 g/mol. The minimum atomic E-state index is -3.25. The zero-order valence-electron chi connectivity index (χ0n) is 14.2. The lowest BCUT2D eigenvalue weighted by Gasteiger charge is -2.25. The first-order chi connectivity index (χ1) is 11.4.